The smallest absolute Gasteiger partial charge is 0.358 e. The highest BCUT2D eigenvalue weighted by Crippen LogP contribution is 2.05. The van der Waals surface area contributed by atoms with Crippen LogP contribution >= 0.6 is 0 Å². The van der Waals surface area contributed by atoms with Crippen LogP contribution < -0.4 is 0 Å². The fourth-order valence-corrected chi connectivity index (χ4v) is 1.19. The van der Waals surface area contributed by atoms with Gasteiger partial charge < -0.3 is 4.74 Å². The van der Waals surface area contributed by atoms with E-state index in [1.54, 1.807) is 19.9 Å². The largest absolute Gasteiger partial charge is 0.461 e. The lowest BCUT2D eigenvalue weighted by atomic mass is 10.3. The standard InChI is InChI=1S/C10H14N2O3/c1-4-15-10(14)9-5-7(2)12(11-9)6-8(3)13/h5H,4,6H2,1-3H3. The molecule has 0 unspecified atom stereocenters. The summed E-state index contributed by atoms with van der Waals surface area (Å²) in [6, 6.07) is 1.61. The van der Waals surface area contributed by atoms with Crippen LogP contribution in [0.3, 0.4) is 0 Å². The Balaban J connectivity index is 2.85. The Morgan fingerprint density at radius 1 is 1.53 bits per heavy atom. The van der Waals surface area contributed by atoms with Gasteiger partial charge in [0.15, 0.2) is 11.5 Å². The number of aromatic nitrogens is 2. The molecule has 82 valence electrons. The average Bonchev–Trinajstić information content (AvgIpc) is 2.47. The summed E-state index contributed by atoms with van der Waals surface area (Å²) >= 11 is 0. The van der Waals surface area contributed by atoms with Crippen LogP contribution in [0.4, 0.5) is 0 Å². The van der Waals surface area contributed by atoms with Crippen LogP contribution in [-0.2, 0) is 16.1 Å². The van der Waals surface area contributed by atoms with Crippen LogP contribution in [0.25, 0.3) is 0 Å². The first-order valence-electron chi connectivity index (χ1n) is 4.75. The van der Waals surface area contributed by atoms with Gasteiger partial charge in [0.2, 0.25) is 0 Å². The maximum Gasteiger partial charge on any atom is 0.358 e. The molecule has 0 atom stereocenters. The first kappa shape index (κ1) is 11.4. The minimum absolute atomic E-state index is 0.00314. The number of hydrogen-bond acceptors (Lipinski definition) is 4. The first-order valence-corrected chi connectivity index (χ1v) is 4.75. The van der Waals surface area contributed by atoms with Crippen LogP contribution in [0.1, 0.15) is 30.0 Å². The number of carbonyl (C=O) groups is 2. The zero-order chi connectivity index (χ0) is 11.4. The van der Waals surface area contributed by atoms with E-state index < -0.39 is 5.97 Å². The molecule has 1 aromatic heterocycles. The molecule has 0 saturated heterocycles. The Labute approximate surface area is 88.0 Å². The lowest BCUT2D eigenvalue weighted by Crippen LogP contribution is -2.11. The predicted octanol–water partition coefficient (Wildman–Crippen LogP) is 0.957. The topological polar surface area (TPSA) is 61.2 Å². The van der Waals surface area contributed by atoms with E-state index in [0.29, 0.717) is 6.61 Å². The predicted molar refractivity (Wildman–Crippen MR) is 53.6 cm³/mol. The summed E-state index contributed by atoms with van der Waals surface area (Å²) in [5.41, 5.74) is 1.02. The van der Waals surface area contributed by atoms with Crippen LogP contribution in [0.2, 0.25) is 0 Å². The van der Waals surface area contributed by atoms with E-state index in [0.717, 1.165) is 5.69 Å². The van der Waals surface area contributed by atoms with Crippen LogP contribution in [-0.4, -0.2) is 28.1 Å². The molecule has 0 N–H and O–H groups in total. The number of aryl methyl sites for hydroxylation is 1. The molecule has 5 nitrogen and oxygen atoms in total. The molecule has 0 fully saturated rings. The summed E-state index contributed by atoms with van der Waals surface area (Å²) in [6.45, 7) is 5.50. The molecule has 0 bridgehead atoms. The maximum atomic E-state index is 11.3. The molecule has 0 aliphatic rings. The Kier molecular flexibility index (Phi) is 3.60. The SMILES string of the molecule is CCOC(=O)c1cc(C)n(CC(C)=O)n1. The van der Waals surface area contributed by atoms with Gasteiger partial charge in [-0.2, -0.15) is 5.10 Å². The van der Waals surface area contributed by atoms with Crippen molar-refractivity contribution >= 4 is 11.8 Å². The van der Waals surface area contributed by atoms with E-state index in [1.165, 1.54) is 11.6 Å². The molecule has 0 spiro atoms. The van der Waals surface area contributed by atoms with Crippen molar-refractivity contribution < 1.29 is 14.3 Å². The zero-order valence-electron chi connectivity index (χ0n) is 9.11. The van der Waals surface area contributed by atoms with Gasteiger partial charge in [-0.15, -0.1) is 0 Å². The normalized spacial score (nSPS) is 10.1. The minimum atomic E-state index is -0.456. The third-order valence-corrected chi connectivity index (χ3v) is 1.84. The Morgan fingerprint density at radius 2 is 2.20 bits per heavy atom. The van der Waals surface area contributed by atoms with Gasteiger partial charge in [0.25, 0.3) is 0 Å². The van der Waals surface area contributed by atoms with Gasteiger partial charge in [0.05, 0.1) is 13.2 Å². The molecular weight excluding hydrogens is 196 g/mol. The third kappa shape index (κ3) is 2.90. The van der Waals surface area contributed by atoms with E-state index in [4.69, 9.17) is 4.74 Å². The van der Waals surface area contributed by atoms with Crippen molar-refractivity contribution in [2.75, 3.05) is 6.61 Å². The maximum absolute atomic E-state index is 11.3. The number of carbonyl (C=O) groups excluding carboxylic acids is 2. The van der Waals surface area contributed by atoms with Gasteiger partial charge >= 0.3 is 5.97 Å². The summed E-state index contributed by atoms with van der Waals surface area (Å²) in [4.78, 5) is 22.2. The average molecular weight is 210 g/mol. The molecule has 1 rings (SSSR count). The summed E-state index contributed by atoms with van der Waals surface area (Å²) in [6.07, 6.45) is 0. The van der Waals surface area contributed by atoms with Crippen molar-refractivity contribution in [2.24, 2.45) is 0 Å². The number of esters is 1. The number of nitrogens with zero attached hydrogens (tertiary/aromatic N) is 2. The summed E-state index contributed by atoms with van der Waals surface area (Å²) in [5, 5.41) is 3.99. The Bertz CT molecular complexity index is 382. The second kappa shape index (κ2) is 4.72. The molecule has 0 amide bonds. The highest BCUT2D eigenvalue weighted by atomic mass is 16.5. The molecular formula is C10H14N2O3. The molecule has 0 aromatic carbocycles. The Hall–Kier alpha value is -1.65. The molecule has 5 heteroatoms. The van der Waals surface area contributed by atoms with Crippen molar-refractivity contribution in [3.05, 3.63) is 17.5 Å². The fourth-order valence-electron chi connectivity index (χ4n) is 1.19. The van der Waals surface area contributed by atoms with Gasteiger partial charge in [-0.05, 0) is 26.8 Å². The van der Waals surface area contributed by atoms with Crippen LogP contribution in [0, 0.1) is 6.92 Å². The van der Waals surface area contributed by atoms with Gasteiger partial charge in [-0.1, -0.05) is 0 Å². The second-order valence-electron chi connectivity index (χ2n) is 3.25. The van der Waals surface area contributed by atoms with Crippen molar-refractivity contribution in [3.63, 3.8) is 0 Å². The van der Waals surface area contributed by atoms with Crippen LogP contribution in [0.15, 0.2) is 6.07 Å². The molecule has 15 heavy (non-hydrogen) atoms. The van der Waals surface area contributed by atoms with Crippen molar-refractivity contribution in [1.82, 2.24) is 9.78 Å². The molecule has 0 saturated carbocycles. The van der Waals surface area contributed by atoms with Gasteiger partial charge in [-0.25, -0.2) is 4.79 Å². The third-order valence-electron chi connectivity index (χ3n) is 1.84. The van der Waals surface area contributed by atoms with E-state index in [1.807, 2.05) is 0 Å². The first-order chi connectivity index (χ1) is 7.04. The van der Waals surface area contributed by atoms with E-state index in [2.05, 4.69) is 5.10 Å². The van der Waals surface area contributed by atoms with Crippen molar-refractivity contribution in [1.29, 1.82) is 0 Å². The summed E-state index contributed by atoms with van der Waals surface area (Å²) in [7, 11) is 0. The number of hydrogen-bond donors (Lipinski definition) is 0. The number of ether oxygens (including phenoxy) is 1. The fraction of sp³-hybridized carbons (Fsp3) is 0.500. The lowest BCUT2D eigenvalue weighted by Gasteiger charge is -1.99. The molecule has 1 aromatic rings. The van der Waals surface area contributed by atoms with Gasteiger partial charge in [0.1, 0.15) is 0 Å². The molecule has 0 aliphatic carbocycles. The van der Waals surface area contributed by atoms with Crippen LogP contribution in [0.5, 0.6) is 0 Å². The van der Waals surface area contributed by atoms with E-state index in [9.17, 15) is 9.59 Å². The van der Waals surface area contributed by atoms with Crippen molar-refractivity contribution in [2.45, 2.75) is 27.3 Å². The summed E-state index contributed by atoms with van der Waals surface area (Å²) in [5.74, 6) is -0.459. The van der Waals surface area contributed by atoms with Gasteiger partial charge in [-0.3, -0.25) is 9.48 Å². The Morgan fingerprint density at radius 3 is 2.73 bits per heavy atom. The molecule has 0 radical (unpaired) electrons. The number of Topliss-reactive ketones (excluding diaryl/α,β-unsaturated/α-hetero) is 1. The highest BCUT2D eigenvalue weighted by molar-refractivity contribution is 5.87. The van der Waals surface area contributed by atoms with Crippen molar-refractivity contribution in [3.8, 4) is 0 Å². The highest BCUT2D eigenvalue weighted by Gasteiger charge is 2.13. The second-order valence-corrected chi connectivity index (χ2v) is 3.25. The van der Waals surface area contributed by atoms with Gasteiger partial charge in [0, 0.05) is 5.69 Å². The minimum Gasteiger partial charge on any atom is -0.461 e. The number of ketones is 1. The molecule has 1 heterocycles. The molecule has 0 aliphatic heterocycles. The summed E-state index contributed by atoms with van der Waals surface area (Å²) < 4.78 is 6.30. The van der Waals surface area contributed by atoms with E-state index >= 15 is 0 Å². The van der Waals surface area contributed by atoms with E-state index in [-0.39, 0.29) is 18.0 Å². The quantitative estimate of drug-likeness (QED) is 0.694. The monoisotopic (exact) mass is 210 g/mol. The zero-order valence-corrected chi connectivity index (χ0v) is 9.11. The lowest BCUT2D eigenvalue weighted by molar-refractivity contribution is -0.117. The number of rotatable bonds is 4.